The van der Waals surface area contributed by atoms with Crippen LogP contribution in [0, 0.1) is 0 Å². The lowest BCUT2D eigenvalue weighted by Gasteiger charge is -2.17. The van der Waals surface area contributed by atoms with Gasteiger partial charge >= 0.3 is 0 Å². The maximum atomic E-state index is 11.6. The molecule has 0 saturated carbocycles. The van der Waals surface area contributed by atoms with Crippen LogP contribution >= 0.6 is 23.6 Å². The summed E-state index contributed by atoms with van der Waals surface area (Å²) in [6.45, 7) is 2.81. The van der Waals surface area contributed by atoms with Crippen molar-refractivity contribution in [2.75, 3.05) is 11.9 Å². The second-order valence-electron chi connectivity index (χ2n) is 5.07. The molecule has 0 fully saturated rings. The van der Waals surface area contributed by atoms with Crippen LogP contribution in [-0.4, -0.2) is 11.8 Å². The van der Waals surface area contributed by atoms with Gasteiger partial charge in [-0.1, -0.05) is 31.5 Å². The van der Waals surface area contributed by atoms with Crippen molar-refractivity contribution in [3.05, 3.63) is 48.0 Å². The van der Waals surface area contributed by atoms with E-state index in [0.717, 1.165) is 31.4 Å². The first-order valence-corrected chi connectivity index (χ1v) is 8.82. The zero-order chi connectivity index (χ0) is 18.1. The summed E-state index contributed by atoms with van der Waals surface area (Å²) in [6, 6.07) is 12.5. The molecule has 3 N–H and O–H groups in total. The van der Waals surface area contributed by atoms with Crippen molar-refractivity contribution < 1.29 is 18.9 Å². The summed E-state index contributed by atoms with van der Waals surface area (Å²) in [5, 5.41) is 2.69. The summed E-state index contributed by atoms with van der Waals surface area (Å²) in [5.41, 5.74) is 0.941. The van der Waals surface area contributed by atoms with Gasteiger partial charge in [0.1, 0.15) is 5.75 Å². The number of rotatable bonds is 10. The van der Waals surface area contributed by atoms with Crippen LogP contribution < -0.4 is 16.0 Å². The van der Waals surface area contributed by atoms with Gasteiger partial charge in [0.15, 0.2) is 5.75 Å². The monoisotopic (exact) mass is 382 g/mol. The van der Waals surface area contributed by atoms with Crippen LogP contribution in [0.3, 0.4) is 0 Å². The average molecular weight is 383 g/mol. The van der Waals surface area contributed by atoms with Crippen molar-refractivity contribution in [1.82, 2.24) is 0 Å². The molecule has 0 radical (unpaired) electrons. The normalized spacial score (nSPS) is 10.5. The van der Waals surface area contributed by atoms with Crippen LogP contribution in [0.5, 0.6) is 11.5 Å². The molecule has 0 saturated heterocycles. The molecule has 2 rings (SSSR count). The van der Waals surface area contributed by atoms with E-state index in [1.54, 1.807) is 12.1 Å². The first kappa shape index (κ1) is 19.6. The van der Waals surface area contributed by atoms with Gasteiger partial charge in [-0.2, -0.15) is 5.90 Å². The molecule has 0 bridgehead atoms. The molecule has 2 aromatic rings. The third-order valence-corrected chi connectivity index (χ3v) is 4.10. The number of hydrogen-bond acceptors (Lipinski definition) is 7. The van der Waals surface area contributed by atoms with Crippen LogP contribution in [-0.2, 0) is 9.32 Å². The van der Waals surface area contributed by atoms with Crippen molar-refractivity contribution in [2.24, 2.45) is 5.90 Å². The molecule has 0 atom stereocenters. The molecule has 0 unspecified atom stereocenters. The molecular weight excluding hydrogens is 364 g/mol. The third-order valence-electron chi connectivity index (χ3n) is 3.25. The molecule has 0 heterocycles. The number of unbranched alkanes of at least 4 members (excludes halogenated alkanes) is 1. The average Bonchev–Trinajstić information content (AvgIpc) is 2.62. The number of hydrogen-bond donors (Lipinski definition) is 2. The highest BCUT2D eigenvalue weighted by atomic mass is 35.5. The summed E-state index contributed by atoms with van der Waals surface area (Å²) < 4.78 is 10.7. The molecule has 25 heavy (non-hydrogen) atoms. The Morgan fingerprint density at radius 2 is 2.04 bits per heavy atom. The maximum Gasteiger partial charge on any atom is 0.252 e. The van der Waals surface area contributed by atoms with Gasteiger partial charge in [0.05, 0.1) is 22.6 Å². The van der Waals surface area contributed by atoms with Crippen molar-refractivity contribution >= 4 is 34.6 Å². The number of benzene rings is 2. The molecule has 0 spiro atoms. The van der Waals surface area contributed by atoms with Gasteiger partial charge in [0.25, 0.3) is 5.24 Å². The lowest BCUT2D eigenvalue weighted by molar-refractivity contribution is -0.195. The zero-order valence-corrected chi connectivity index (χ0v) is 15.2. The fraction of sp³-hybridized carbons (Fsp3) is 0.235. The first-order chi connectivity index (χ1) is 12.2. The number of nitrogens with two attached hydrogens (primary N) is 1. The van der Waals surface area contributed by atoms with E-state index in [1.165, 1.54) is 0 Å². The van der Waals surface area contributed by atoms with E-state index in [0.29, 0.717) is 27.6 Å². The molecule has 8 heteroatoms. The highest BCUT2D eigenvalue weighted by molar-refractivity contribution is 7.94. The third kappa shape index (κ3) is 5.91. The predicted octanol–water partition coefficient (Wildman–Crippen LogP) is 4.90. The second kappa shape index (κ2) is 10.3. The second-order valence-corrected chi connectivity index (χ2v) is 6.15. The van der Waals surface area contributed by atoms with Gasteiger partial charge in [-0.05, 0) is 42.3 Å². The minimum absolute atomic E-state index is 0.309. The Kier molecular flexibility index (Phi) is 8.03. The Morgan fingerprint density at radius 3 is 2.68 bits per heavy atom. The summed E-state index contributed by atoms with van der Waals surface area (Å²) in [7, 11) is 0. The molecule has 0 aromatic heterocycles. The Hall–Kier alpha value is -1.77. The molecule has 6 nitrogen and oxygen atoms in total. The minimum Gasteiger partial charge on any atom is -0.454 e. The van der Waals surface area contributed by atoms with Gasteiger partial charge in [0, 0.05) is 12.1 Å². The first-order valence-electron chi connectivity index (χ1n) is 7.70. The van der Waals surface area contributed by atoms with Gasteiger partial charge in [-0.25, -0.2) is 0 Å². The van der Waals surface area contributed by atoms with Crippen LogP contribution in [0.15, 0.2) is 47.4 Å². The summed E-state index contributed by atoms with van der Waals surface area (Å²) in [5.74, 6) is 6.05. The topological polar surface area (TPSA) is 82.8 Å². The van der Waals surface area contributed by atoms with E-state index in [1.807, 2.05) is 30.3 Å². The molecule has 134 valence electrons. The largest absolute Gasteiger partial charge is 0.454 e. The lowest BCUT2D eigenvalue weighted by Crippen LogP contribution is -2.05. The van der Waals surface area contributed by atoms with E-state index < -0.39 is 5.24 Å². The zero-order valence-electron chi connectivity index (χ0n) is 13.7. The van der Waals surface area contributed by atoms with E-state index in [4.69, 9.17) is 26.6 Å². The molecule has 0 aliphatic rings. The standard InChI is InChI=1S/C17H19ClN2O4S/c1-2-3-9-20-14-10-12(17(18)21)11-15(25-24-23-19)16(14)22-13-7-5-4-6-8-13/h4-8,10-11,20H,2-3,9,19H2,1H3. The highest BCUT2D eigenvalue weighted by Gasteiger charge is 2.17. The number of ether oxygens (including phenoxy) is 1. The SMILES string of the molecule is CCCCNc1cc(C(=O)Cl)cc(SOON)c1Oc1ccccc1. The van der Waals surface area contributed by atoms with Crippen LogP contribution in [0.1, 0.15) is 30.1 Å². The molecule has 0 aliphatic heterocycles. The Labute approximate surface area is 155 Å². The van der Waals surface area contributed by atoms with Gasteiger partial charge < -0.3 is 10.1 Å². The van der Waals surface area contributed by atoms with Crippen LogP contribution in [0.4, 0.5) is 5.69 Å². The lowest BCUT2D eigenvalue weighted by atomic mass is 10.2. The molecule has 0 aliphatic carbocycles. The number of carbonyl (C=O) groups is 1. The number of halogens is 1. The fourth-order valence-electron chi connectivity index (χ4n) is 2.08. The van der Waals surface area contributed by atoms with Crippen LogP contribution in [0.2, 0.25) is 0 Å². The van der Waals surface area contributed by atoms with E-state index in [9.17, 15) is 4.79 Å². The summed E-state index contributed by atoms with van der Waals surface area (Å²) >= 11 is 6.47. The maximum absolute atomic E-state index is 11.6. The Bertz CT molecular complexity index is 701. The van der Waals surface area contributed by atoms with Gasteiger partial charge in [-0.15, -0.1) is 9.32 Å². The molecule has 0 amide bonds. The quantitative estimate of drug-likeness (QED) is 0.199. The Balaban J connectivity index is 2.42. The predicted molar refractivity (Wildman–Crippen MR) is 98.8 cm³/mol. The highest BCUT2D eigenvalue weighted by Crippen LogP contribution is 2.41. The number of carbonyl (C=O) groups excluding carboxylic acids is 1. The summed E-state index contributed by atoms with van der Waals surface area (Å²) in [4.78, 5) is 16.3. The number of anilines is 1. The van der Waals surface area contributed by atoms with Crippen molar-refractivity contribution in [2.45, 2.75) is 24.7 Å². The van der Waals surface area contributed by atoms with Crippen molar-refractivity contribution in [1.29, 1.82) is 0 Å². The smallest absolute Gasteiger partial charge is 0.252 e. The Morgan fingerprint density at radius 1 is 1.28 bits per heavy atom. The fourth-order valence-corrected chi connectivity index (χ4v) is 2.70. The number of para-hydroxylation sites is 1. The van der Waals surface area contributed by atoms with Gasteiger partial charge in [0.2, 0.25) is 0 Å². The van der Waals surface area contributed by atoms with Crippen molar-refractivity contribution in [3.8, 4) is 11.5 Å². The van der Waals surface area contributed by atoms with E-state index in [2.05, 4.69) is 17.2 Å². The summed E-state index contributed by atoms with van der Waals surface area (Å²) in [6.07, 6.45) is 2.00. The molecule has 2 aromatic carbocycles. The van der Waals surface area contributed by atoms with E-state index in [-0.39, 0.29) is 0 Å². The van der Waals surface area contributed by atoms with Crippen molar-refractivity contribution in [3.63, 3.8) is 0 Å². The van der Waals surface area contributed by atoms with E-state index >= 15 is 0 Å². The molecular formula is C17H19ClN2O4S. The van der Waals surface area contributed by atoms with Crippen LogP contribution in [0.25, 0.3) is 0 Å². The van der Waals surface area contributed by atoms with Gasteiger partial charge in [-0.3, -0.25) is 4.79 Å². The number of nitrogens with one attached hydrogen (secondary N) is 1. The minimum atomic E-state index is -0.583.